The van der Waals surface area contributed by atoms with Crippen molar-refractivity contribution in [1.29, 1.82) is 0 Å². The highest BCUT2D eigenvalue weighted by molar-refractivity contribution is 6.31. The second-order valence-electron chi connectivity index (χ2n) is 8.16. The average Bonchev–Trinajstić information content (AvgIpc) is 3.48. The lowest BCUT2D eigenvalue weighted by Gasteiger charge is -2.17. The highest BCUT2D eigenvalue weighted by Gasteiger charge is 2.48. The highest BCUT2D eigenvalue weighted by Crippen LogP contribution is 2.38. The number of nitrogens with zero attached hydrogens (tertiary/aromatic N) is 5. The molecular formula is C22H22ClN7O4. The van der Waals surface area contributed by atoms with Crippen molar-refractivity contribution in [1.82, 2.24) is 24.3 Å². The number of hydrogen-bond acceptors (Lipinski definition) is 8. The summed E-state index contributed by atoms with van der Waals surface area (Å²) in [5, 5.41) is 29.5. The second kappa shape index (κ2) is 8.37. The molecule has 12 heteroatoms. The van der Waals surface area contributed by atoms with Gasteiger partial charge in [0.2, 0.25) is 0 Å². The van der Waals surface area contributed by atoms with Crippen LogP contribution in [0.5, 0.6) is 0 Å². The molecule has 1 aliphatic heterocycles. The summed E-state index contributed by atoms with van der Waals surface area (Å²) in [5.74, 6) is -0.396. The molecule has 176 valence electrons. The number of fused-ring (bicyclic) bond motifs is 1. The Balaban J connectivity index is 1.48. The molecule has 4 atom stereocenters. The van der Waals surface area contributed by atoms with Crippen molar-refractivity contribution in [3.05, 3.63) is 53.6 Å². The first-order valence-electron chi connectivity index (χ1n) is 10.4. The predicted octanol–water partition coefficient (Wildman–Crippen LogP) is 1.63. The molecule has 0 saturated carbocycles. The van der Waals surface area contributed by atoms with Crippen LogP contribution in [0.15, 0.2) is 43.0 Å². The maximum absolute atomic E-state index is 12.9. The fourth-order valence-electron chi connectivity index (χ4n) is 4.05. The molecule has 34 heavy (non-hydrogen) atoms. The molecule has 4 heterocycles. The van der Waals surface area contributed by atoms with Gasteiger partial charge in [0.25, 0.3) is 5.91 Å². The summed E-state index contributed by atoms with van der Waals surface area (Å²) < 4.78 is 9.02. The van der Waals surface area contributed by atoms with Crippen LogP contribution in [0.4, 0.5) is 11.5 Å². The van der Waals surface area contributed by atoms with Gasteiger partial charge in [-0.1, -0.05) is 17.7 Å². The van der Waals surface area contributed by atoms with E-state index in [9.17, 15) is 15.0 Å². The van der Waals surface area contributed by atoms with Crippen molar-refractivity contribution in [2.24, 2.45) is 7.05 Å². The van der Waals surface area contributed by atoms with Gasteiger partial charge >= 0.3 is 0 Å². The monoisotopic (exact) mass is 483 g/mol. The molecule has 1 fully saturated rings. The summed E-state index contributed by atoms with van der Waals surface area (Å²) >= 11 is 6.13. The maximum Gasteiger partial charge on any atom is 0.256 e. The van der Waals surface area contributed by atoms with Crippen LogP contribution in [0.2, 0.25) is 5.02 Å². The topological polar surface area (TPSA) is 153 Å². The van der Waals surface area contributed by atoms with E-state index in [1.807, 2.05) is 6.92 Å². The Kier molecular flexibility index (Phi) is 5.48. The maximum atomic E-state index is 12.9. The van der Waals surface area contributed by atoms with E-state index in [-0.39, 0.29) is 5.82 Å². The van der Waals surface area contributed by atoms with Gasteiger partial charge in [-0.3, -0.25) is 9.48 Å². The third-order valence-electron chi connectivity index (χ3n) is 5.84. The lowest BCUT2D eigenvalue weighted by molar-refractivity contribution is -0.132. The van der Waals surface area contributed by atoms with Crippen LogP contribution < -0.4 is 11.1 Å². The molecule has 11 nitrogen and oxygen atoms in total. The molecule has 5 rings (SSSR count). The molecule has 1 amide bonds. The Morgan fingerprint density at radius 2 is 2.03 bits per heavy atom. The number of aryl methyl sites for hydroxylation is 2. The molecule has 1 aliphatic rings. The molecule has 0 radical (unpaired) electrons. The summed E-state index contributed by atoms with van der Waals surface area (Å²) in [6.45, 7) is 1.84. The number of anilines is 2. The van der Waals surface area contributed by atoms with Crippen LogP contribution in [0.3, 0.4) is 0 Å². The first kappa shape index (κ1) is 22.3. The van der Waals surface area contributed by atoms with Crippen molar-refractivity contribution in [2.45, 2.75) is 31.5 Å². The second-order valence-corrected chi connectivity index (χ2v) is 8.57. The molecule has 3 aromatic heterocycles. The number of hydrogen-bond donors (Lipinski definition) is 4. The zero-order valence-electron chi connectivity index (χ0n) is 18.3. The molecule has 4 aromatic rings. The quantitative estimate of drug-likeness (QED) is 0.341. The molecule has 0 aliphatic carbocycles. The number of nitrogens with two attached hydrogens (primary N) is 1. The van der Waals surface area contributed by atoms with E-state index in [0.29, 0.717) is 33.0 Å². The van der Waals surface area contributed by atoms with E-state index in [1.165, 1.54) is 10.9 Å². The van der Waals surface area contributed by atoms with Gasteiger partial charge in [0.1, 0.15) is 30.0 Å². The fourth-order valence-corrected chi connectivity index (χ4v) is 4.23. The standard InChI is InChI=1S/C22H22ClN7O4/c1-10-3-4-11(7-13(10)23)27-21(33)18-16(31)17(32)22(34-18)30-8-12(14-5-6-29(2)28-14)15-19(24)25-9-26-20(15)30/h3-9,16-18,22,31-32H,1-2H3,(H,27,33)(H2,24,25,26)/t16-,17+,18-,22+/m0/s1. The largest absolute Gasteiger partial charge is 0.387 e. The molecule has 0 unspecified atom stereocenters. The molecule has 1 saturated heterocycles. The number of amides is 1. The van der Waals surface area contributed by atoms with Gasteiger partial charge in [-0.2, -0.15) is 5.10 Å². The van der Waals surface area contributed by atoms with Crippen LogP contribution in [-0.2, 0) is 16.6 Å². The van der Waals surface area contributed by atoms with Gasteiger partial charge < -0.3 is 30.6 Å². The highest BCUT2D eigenvalue weighted by atomic mass is 35.5. The van der Waals surface area contributed by atoms with Crippen molar-refractivity contribution < 1.29 is 19.7 Å². The van der Waals surface area contributed by atoms with Gasteiger partial charge in [0, 0.05) is 35.7 Å². The van der Waals surface area contributed by atoms with Gasteiger partial charge in [-0.15, -0.1) is 0 Å². The Labute approximate surface area is 198 Å². The van der Waals surface area contributed by atoms with Crippen LogP contribution in [0.1, 0.15) is 11.8 Å². The van der Waals surface area contributed by atoms with Crippen LogP contribution in [0.25, 0.3) is 22.3 Å². The van der Waals surface area contributed by atoms with Gasteiger partial charge in [0.05, 0.1) is 11.1 Å². The molecule has 1 aromatic carbocycles. The van der Waals surface area contributed by atoms with Crippen molar-refractivity contribution in [3.63, 3.8) is 0 Å². The first-order valence-corrected chi connectivity index (χ1v) is 10.8. The van der Waals surface area contributed by atoms with Crippen molar-refractivity contribution in [3.8, 4) is 11.3 Å². The zero-order valence-corrected chi connectivity index (χ0v) is 19.0. The van der Waals surface area contributed by atoms with Crippen LogP contribution in [-0.4, -0.2) is 58.7 Å². The summed E-state index contributed by atoms with van der Waals surface area (Å²) in [6, 6.07) is 6.85. The smallest absolute Gasteiger partial charge is 0.256 e. The van der Waals surface area contributed by atoms with E-state index in [4.69, 9.17) is 22.1 Å². The number of carbonyl (C=O) groups is 1. The average molecular weight is 484 g/mol. The number of aliphatic hydroxyl groups is 2. The summed E-state index contributed by atoms with van der Waals surface area (Å²) in [6.07, 6.45) is -0.614. The SMILES string of the molecule is Cc1ccc(NC(=O)[C@H]2O[C@@H](n3cc(-c4ccn(C)n4)c4c(N)ncnc43)[C@H](O)[C@@H]2O)cc1Cl. The molecule has 0 bridgehead atoms. The Hall–Kier alpha value is -3.51. The number of nitrogens with one attached hydrogen (secondary N) is 1. The summed E-state index contributed by atoms with van der Waals surface area (Å²) in [5.41, 5.74) is 9.05. The number of benzene rings is 1. The van der Waals surface area contributed by atoms with Crippen molar-refractivity contribution in [2.75, 3.05) is 11.1 Å². The third-order valence-corrected chi connectivity index (χ3v) is 6.25. The van der Waals surface area contributed by atoms with Crippen molar-refractivity contribution >= 4 is 40.0 Å². The summed E-state index contributed by atoms with van der Waals surface area (Å²) in [4.78, 5) is 21.2. The normalized spacial score (nSPS) is 22.4. The lowest BCUT2D eigenvalue weighted by Crippen LogP contribution is -2.39. The van der Waals surface area contributed by atoms with Gasteiger partial charge in [0.15, 0.2) is 12.3 Å². The lowest BCUT2D eigenvalue weighted by atomic mass is 10.1. The number of nitrogen functional groups attached to an aromatic ring is 1. The van der Waals surface area contributed by atoms with E-state index in [2.05, 4.69) is 20.4 Å². The van der Waals surface area contributed by atoms with E-state index in [1.54, 1.807) is 48.4 Å². The van der Waals surface area contributed by atoms with Crippen LogP contribution in [0, 0.1) is 6.92 Å². The molecule has 0 spiro atoms. The minimum absolute atomic E-state index is 0.225. The number of halogens is 1. The number of aromatic nitrogens is 5. The Bertz CT molecular complexity index is 1400. The summed E-state index contributed by atoms with van der Waals surface area (Å²) in [7, 11) is 1.78. The first-order chi connectivity index (χ1) is 16.2. The third kappa shape index (κ3) is 3.68. The van der Waals surface area contributed by atoms with Gasteiger partial charge in [-0.05, 0) is 30.7 Å². The number of aliphatic hydroxyl groups excluding tert-OH is 2. The molecular weight excluding hydrogens is 462 g/mol. The number of carbonyl (C=O) groups excluding carboxylic acids is 1. The number of ether oxygens (including phenoxy) is 1. The Morgan fingerprint density at radius 3 is 2.74 bits per heavy atom. The predicted molar refractivity (Wildman–Crippen MR) is 125 cm³/mol. The van der Waals surface area contributed by atoms with E-state index in [0.717, 1.165) is 5.56 Å². The minimum atomic E-state index is -1.49. The van der Waals surface area contributed by atoms with E-state index >= 15 is 0 Å². The Morgan fingerprint density at radius 1 is 1.24 bits per heavy atom. The molecule has 5 N–H and O–H groups in total. The van der Waals surface area contributed by atoms with E-state index < -0.39 is 30.4 Å². The van der Waals surface area contributed by atoms with Gasteiger partial charge in [-0.25, -0.2) is 9.97 Å². The number of rotatable bonds is 4. The zero-order chi connectivity index (χ0) is 24.1. The minimum Gasteiger partial charge on any atom is -0.387 e. The van der Waals surface area contributed by atoms with Crippen LogP contribution >= 0.6 is 11.6 Å². The fraction of sp³-hybridized carbons (Fsp3) is 0.273.